The molecule has 29 heavy (non-hydrogen) atoms. The number of anilines is 1. The van der Waals surface area contributed by atoms with Gasteiger partial charge >= 0.3 is 6.18 Å². The van der Waals surface area contributed by atoms with Crippen molar-refractivity contribution >= 4 is 35.2 Å². The Morgan fingerprint density at radius 3 is 2.34 bits per heavy atom. The Hall–Kier alpha value is -1.91. The molecule has 0 amide bonds. The van der Waals surface area contributed by atoms with Gasteiger partial charge in [0.15, 0.2) is 11.5 Å². The molecule has 0 saturated carbocycles. The number of nitrogens with one attached hydrogen (secondary N) is 1. The summed E-state index contributed by atoms with van der Waals surface area (Å²) in [6.45, 7) is 8.80. The Labute approximate surface area is 176 Å². The van der Waals surface area contributed by atoms with Crippen molar-refractivity contribution in [3.05, 3.63) is 28.2 Å². The van der Waals surface area contributed by atoms with E-state index < -0.39 is 11.9 Å². The maximum absolute atomic E-state index is 13.2. The van der Waals surface area contributed by atoms with Crippen molar-refractivity contribution in [2.45, 2.75) is 32.5 Å². The Bertz CT molecular complexity index is 818. The standard InChI is InChI=1S/C13H12ClF3N4S.C5H10O2/c14-9-1-6-22-11(9)8-7-10(21-4-2-18-3-5-21)19-20-12(8)13(15,16)17;1-5(2,3)7-4-6/h1,6-7,18H,2-5H2;4H,1-3H3. The predicted octanol–water partition coefficient (Wildman–Crippen LogP) is 4.24. The molecule has 0 aliphatic carbocycles. The van der Waals surface area contributed by atoms with E-state index in [-0.39, 0.29) is 16.2 Å². The van der Waals surface area contributed by atoms with E-state index in [1.165, 1.54) is 6.07 Å². The zero-order valence-electron chi connectivity index (χ0n) is 16.2. The van der Waals surface area contributed by atoms with Gasteiger partial charge in [0, 0.05) is 31.7 Å². The molecular weight excluding hydrogens is 429 g/mol. The van der Waals surface area contributed by atoms with Crippen molar-refractivity contribution in [3.8, 4) is 10.4 Å². The van der Waals surface area contributed by atoms with Gasteiger partial charge in [-0.1, -0.05) is 11.6 Å². The lowest BCUT2D eigenvalue weighted by Crippen LogP contribution is -2.44. The number of alkyl halides is 3. The number of aromatic nitrogens is 2. The average Bonchev–Trinajstić information content (AvgIpc) is 3.06. The molecule has 1 aliphatic rings. The molecule has 1 N–H and O–H groups in total. The van der Waals surface area contributed by atoms with Crippen molar-refractivity contribution in [2.75, 3.05) is 31.1 Å². The highest BCUT2D eigenvalue weighted by molar-refractivity contribution is 7.14. The van der Waals surface area contributed by atoms with Gasteiger partial charge in [-0.25, -0.2) is 0 Å². The van der Waals surface area contributed by atoms with Gasteiger partial charge in [0.2, 0.25) is 0 Å². The summed E-state index contributed by atoms with van der Waals surface area (Å²) in [5, 5.41) is 12.3. The van der Waals surface area contributed by atoms with Crippen LogP contribution in [0.2, 0.25) is 5.02 Å². The molecule has 6 nitrogen and oxygen atoms in total. The van der Waals surface area contributed by atoms with Crippen LogP contribution in [0.15, 0.2) is 17.5 Å². The second kappa shape index (κ2) is 9.73. The Balaban J connectivity index is 0.000000370. The van der Waals surface area contributed by atoms with E-state index in [2.05, 4.69) is 20.3 Å². The molecule has 1 aliphatic heterocycles. The number of piperazine rings is 1. The van der Waals surface area contributed by atoms with Gasteiger partial charge in [0.05, 0.1) is 9.90 Å². The minimum atomic E-state index is -4.57. The molecule has 0 aromatic carbocycles. The lowest BCUT2D eigenvalue weighted by atomic mass is 10.1. The lowest BCUT2D eigenvalue weighted by Gasteiger charge is -2.28. The van der Waals surface area contributed by atoms with Crippen LogP contribution >= 0.6 is 22.9 Å². The molecule has 3 rings (SSSR count). The molecule has 2 aromatic rings. The first-order chi connectivity index (χ1) is 13.5. The summed E-state index contributed by atoms with van der Waals surface area (Å²) < 4.78 is 44.1. The summed E-state index contributed by atoms with van der Waals surface area (Å²) >= 11 is 7.16. The summed E-state index contributed by atoms with van der Waals surface area (Å²) in [5.74, 6) is 0.439. The molecule has 2 aromatic heterocycles. The Morgan fingerprint density at radius 2 is 1.90 bits per heavy atom. The zero-order valence-corrected chi connectivity index (χ0v) is 17.8. The van der Waals surface area contributed by atoms with Gasteiger partial charge in [-0.05, 0) is 38.3 Å². The van der Waals surface area contributed by atoms with Crippen molar-refractivity contribution < 1.29 is 22.7 Å². The molecule has 0 unspecified atom stereocenters. The minimum Gasteiger partial charge on any atom is -0.462 e. The molecule has 0 bridgehead atoms. The van der Waals surface area contributed by atoms with Crippen LogP contribution in [-0.2, 0) is 15.7 Å². The number of hydrogen-bond acceptors (Lipinski definition) is 7. The first kappa shape index (κ1) is 23.4. The Morgan fingerprint density at radius 1 is 1.24 bits per heavy atom. The van der Waals surface area contributed by atoms with Gasteiger partial charge in [0.25, 0.3) is 6.47 Å². The topological polar surface area (TPSA) is 67.3 Å². The first-order valence-electron chi connectivity index (χ1n) is 8.78. The van der Waals surface area contributed by atoms with Crippen LogP contribution in [-0.4, -0.2) is 48.4 Å². The van der Waals surface area contributed by atoms with E-state index in [1.807, 2.05) is 25.7 Å². The molecule has 0 spiro atoms. The molecule has 3 heterocycles. The summed E-state index contributed by atoms with van der Waals surface area (Å²) in [6.07, 6.45) is -4.57. The molecular formula is C18H22ClF3N4O2S. The molecule has 1 saturated heterocycles. The monoisotopic (exact) mass is 450 g/mol. The van der Waals surface area contributed by atoms with E-state index in [0.717, 1.165) is 24.4 Å². The van der Waals surface area contributed by atoms with E-state index in [1.54, 1.807) is 11.4 Å². The molecule has 1 fully saturated rings. The second-order valence-electron chi connectivity index (χ2n) is 7.12. The van der Waals surface area contributed by atoms with E-state index >= 15 is 0 Å². The van der Waals surface area contributed by atoms with E-state index in [4.69, 9.17) is 11.6 Å². The summed E-state index contributed by atoms with van der Waals surface area (Å²) in [7, 11) is 0. The number of thiophene rings is 1. The normalized spacial score (nSPS) is 14.8. The maximum atomic E-state index is 13.2. The van der Waals surface area contributed by atoms with Crippen LogP contribution in [0.25, 0.3) is 10.4 Å². The average molecular weight is 451 g/mol. The van der Waals surface area contributed by atoms with E-state index in [9.17, 15) is 18.0 Å². The predicted molar refractivity (Wildman–Crippen MR) is 107 cm³/mol. The third kappa shape index (κ3) is 6.83. The van der Waals surface area contributed by atoms with Crippen molar-refractivity contribution in [1.82, 2.24) is 15.5 Å². The quantitative estimate of drug-likeness (QED) is 0.705. The van der Waals surface area contributed by atoms with Crippen LogP contribution in [0, 0.1) is 0 Å². The smallest absolute Gasteiger partial charge is 0.435 e. The van der Waals surface area contributed by atoms with E-state index in [0.29, 0.717) is 30.3 Å². The number of halogens is 4. The fraction of sp³-hybridized carbons (Fsp3) is 0.500. The lowest BCUT2D eigenvalue weighted by molar-refractivity contribution is -0.141. The summed E-state index contributed by atoms with van der Waals surface area (Å²) in [4.78, 5) is 11.9. The molecule has 0 atom stereocenters. The highest BCUT2D eigenvalue weighted by atomic mass is 35.5. The van der Waals surface area contributed by atoms with Crippen molar-refractivity contribution in [1.29, 1.82) is 0 Å². The fourth-order valence-electron chi connectivity index (χ4n) is 2.44. The van der Waals surface area contributed by atoms with Gasteiger partial charge in [-0.3, -0.25) is 4.79 Å². The van der Waals surface area contributed by atoms with Crippen LogP contribution in [0.4, 0.5) is 19.0 Å². The van der Waals surface area contributed by atoms with Gasteiger partial charge in [-0.2, -0.15) is 13.2 Å². The van der Waals surface area contributed by atoms with Gasteiger partial charge in [-0.15, -0.1) is 21.5 Å². The number of carbonyl (C=O) groups excluding carboxylic acids is 1. The van der Waals surface area contributed by atoms with Crippen LogP contribution in [0.1, 0.15) is 26.5 Å². The number of carbonyl (C=O) groups is 1. The van der Waals surface area contributed by atoms with Crippen LogP contribution in [0.5, 0.6) is 0 Å². The highest BCUT2D eigenvalue weighted by Gasteiger charge is 2.37. The fourth-order valence-corrected chi connectivity index (χ4v) is 3.62. The largest absolute Gasteiger partial charge is 0.462 e. The second-order valence-corrected chi connectivity index (χ2v) is 8.45. The zero-order chi connectivity index (χ0) is 21.7. The van der Waals surface area contributed by atoms with Gasteiger partial charge in [0.1, 0.15) is 5.60 Å². The highest BCUT2D eigenvalue weighted by Crippen LogP contribution is 2.41. The van der Waals surface area contributed by atoms with Crippen LogP contribution < -0.4 is 10.2 Å². The van der Waals surface area contributed by atoms with Crippen molar-refractivity contribution in [3.63, 3.8) is 0 Å². The first-order valence-corrected chi connectivity index (χ1v) is 10.0. The summed E-state index contributed by atoms with van der Waals surface area (Å²) in [5.41, 5.74) is -1.34. The molecule has 0 radical (unpaired) electrons. The Kier molecular flexibility index (Phi) is 7.84. The minimum absolute atomic E-state index is 0.0176. The SMILES string of the molecule is CC(C)(C)OC=O.FC(F)(F)c1nnc(N2CCNCC2)cc1-c1sccc1Cl. The maximum Gasteiger partial charge on any atom is 0.435 e. The van der Waals surface area contributed by atoms with Gasteiger partial charge < -0.3 is 15.0 Å². The number of rotatable bonds is 3. The third-order valence-corrected chi connectivity index (χ3v) is 5.13. The molecule has 160 valence electrons. The third-order valence-electron chi connectivity index (χ3n) is 3.75. The number of nitrogens with zero attached hydrogens (tertiary/aromatic N) is 3. The summed E-state index contributed by atoms with van der Waals surface area (Å²) in [6, 6.07) is 3.01. The molecule has 11 heteroatoms. The van der Waals surface area contributed by atoms with Crippen LogP contribution in [0.3, 0.4) is 0 Å². The van der Waals surface area contributed by atoms with Crippen molar-refractivity contribution in [2.24, 2.45) is 0 Å². The number of hydrogen-bond donors (Lipinski definition) is 1. The number of ether oxygens (including phenoxy) is 1.